The fourth-order valence-corrected chi connectivity index (χ4v) is 1.56. The Morgan fingerprint density at radius 3 is 2.72 bits per heavy atom. The van der Waals surface area contributed by atoms with E-state index in [1.54, 1.807) is 6.92 Å². The predicted octanol–water partition coefficient (Wildman–Crippen LogP) is 1.72. The van der Waals surface area contributed by atoms with Crippen molar-refractivity contribution in [3.8, 4) is 0 Å². The number of esters is 1. The topological polar surface area (TPSA) is 65.2 Å². The lowest BCUT2D eigenvalue weighted by atomic mass is 10.0. The Kier molecular flexibility index (Phi) is 5.08. The van der Waals surface area contributed by atoms with Crippen molar-refractivity contribution in [2.45, 2.75) is 26.3 Å². The molecule has 0 aliphatic heterocycles. The van der Waals surface area contributed by atoms with E-state index < -0.39 is 23.9 Å². The summed E-state index contributed by atoms with van der Waals surface area (Å²) in [7, 11) is 0. The SMILES string of the molecule is CCOC(=O)Cc1cnc(F)c(C(F)F)c1CN. The van der Waals surface area contributed by atoms with Gasteiger partial charge in [-0.2, -0.15) is 4.39 Å². The van der Waals surface area contributed by atoms with Crippen LogP contribution >= 0.6 is 0 Å². The third kappa shape index (κ3) is 3.19. The average molecular weight is 262 g/mol. The number of aromatic nitrogens is 1. The molecule has 0 unspecified atom stereocenters. The van der Waals surface area contributed by atoms with Gasteiger partial charge in [-0.1, -0.05) is 0 Å². The summed E-state index contributed by atoms with van der Waals surface area (Å²) in [6.45, 7) is 1.50. The molecular weight excluding hydrogens is 249 g/mol. The average Bonchev–Trinajstić information content (AvgIpc) is 2.30. The summed E-state index contributed by atoms with van der Waals surface area (Å²) in [6.07, 6.45) is -2.26. The molecule has 0 bridgehead atoms. The minimum absolute atomic E-state index is 0.0921. The number of hydrogen-bond acceptors (Lipinski definition) is 4. The minimum Gasteiger partial charge on any atom is -0.466 e. The van der Waals surface area contributed by atoms with Crippen LogP contribution in [0.3, 0.4) is 0 Å². The monoisotopic (exact) mass is 262 g/mol. The molecule has 2 N–H and O–H groups in total. The number of rotatable bonds is 5. The van der Waals surface area contributed by atoms with Crippen LogP contribution in [-0.4, -0.2) is 17.6 Å². The third-order valence-corrected chi connectivity index (χ3v) is 2.33. The van der Waals surface area contributed by atoms with E-state index >= 15 is 0 Å². The second kappa shape index (κ2) is 6.34. The maximum absolute atomic E-state index is 13.2. The van der Waals surface area contributed by atoms with Gasteiger partial charge in [0.15, 0.2) is 0 Å². The second-order valence-corrected chi connectivity index (χ2v) is 3.45. The molecule has 1 aromatic rings. The summed E-state index contributed by atoms with van der Waals surface area (Å²) in [6, 6.07) is 0. The van der Waals surface area contributed by atoms with Crippen LogP contribution in [0.2, 0.25) is 0 Å². The van der Waals surface area contributed by atoms with Crippen LogP contribution in [0.4, 0.5) is 13.2 Å². The standard InChI is InChI=1S/C11H13F3N2O2/c1-2-18-8(17)3-6-5-16-11(14)9(10(12)13)7(6)4-15/h5,10H,2-4,15H2,1H3. The first-order valence-corrected chi connectivity index (χ1v) is 5.31. The van der Waals surface area contributed by atoms with Crippen LogP contribution in [0.1, 0.15) is 30.0 Å². The maximum atomic E-state index is 13.2. The smallest absolute Gasteiger partial charge is 0.310 e. The molecule has 100 valence electrons. The normalized spacial score (nSPS) is 10.8. The fourth-order valence-electron chi connectivity index (χ4n) is 1.56. The van der Waals surface area contributed by atoms with Gasteiger partial charge in [-0.05, 0) is 18.1 Å². The highest BCUT2D eigenvalue weighted by Gasteiger charge is 2.22. The summed E-state index contributed by atoms with van der Waals surface area (Å²) in [5, 5.41) is 0. The highest BCUT2D eigenvalue weighted by Crippen LogP contribution is 2.27. The molecule has 0 spiro atoms. The summed E-state index contributed by atoms with van der Waals surface area (Å²) in [5.41, 5.74) is 4.55. The molecule has 0 amide bonds. The van der Waals surface area contributed by atoms with E-state index in [0.29, 0.717) is 0 Å². The van der Waals surface area contributed by atoms with Crippen molar-refractivity contribution >= 4 is 5.97 Å². The van der Waals surface area contributed by atoms with E-state index in [4.69, 9.17) is 5.73 Å². The van der Waals surface area contributed by atoms with E-state index in [-0.39, 0.29) is 30.7 Å². The van der Waals surface area contributed by atoms with Gasteiger partial charge in [-0.25, -0.2) is 13.8 Å². The van der Waals surface area contributed by atoms with Gasteiger partial charge in [0.1, 0.15) is 0 Å². The van der Waals surface area contributed by atoms with Crippen molar-refractivity contribution in [3.05, 3.63) is 28.8 Å². The Morgan fingerprint density at radius 1 is 1.56 bits per heavy atom. The van der Waals surface area contributed by atoms with Gasteiger partial charge in [0.05, 0.1) is 18.6 Å². The zero-order valence-electron chi connectivity index (χ0n) is 9.75. The Bertz CT molecular complexity index is 439. The number of pyridine rings is 1. The van der Waals surface area contributed by atoms with Crippen molar-refractivity contribution in [3.63, 3.8) is 0 Å². The van der Waals surface area contributed by atoms with Crippen LogP contribution in [0, 0.1) is 5.95 Å². The van der Waals surface area contributed by atoms with Gasteiger partial charge in [0, 0.05) is 12.7 Å². The molecule has 4 nitrogen and oxygen atoms in total. The number of alkyl halides is 2. The van der Waals surface area contributed by atoms with E-state index in [9.17, 15) is 18.0 Å². The fraction of sp³-hybridized carbons (Fsp3) is 0.455. The molecule has 0 aliphatic rings. The number of halogens is 3. The van der Waals surface area contributed by atoms with Gasteiger partial charge in [-0.15, -0.1) is 0 Å². The van der Waals surface area contributed by atoms with Crippen LogP contribution in [0.5, 0.6) is 0 Å². The first kappa shape index (κ1) is 14.4. The van der Waals surface area contributed by atoms with Crippen molar-refractivity contribution in [2.24, 2.45) is 5.73 Å². The molecule has 7 heteroatoms. The number of ether oxygens (including phenoxy) is 1. The quantitative estimate of drug-likeness (QED) is 0.648. The number of hydrogen-bond donors (Lipinski definition) is 1. The zero-order valence-corrected chi connectivity index (χ0v) is 9.75. The lowest BCUT2D eigenvalue weighted by Crippen LogP contribution is -2.15. The van der Waals surface area contributed by atoms with E-state index in [2.05, 4.69) is 9.72 Å². The maximum Gasteiger partial charge on any atom is 0.310 e. The summed E-state index contributed by atoms with van der Waals surface area (Å²) < 4.78 is 43.3. The number of carbonyl (C=O) groups is 1. The molecule has 0 fully saturated rings. The predicted molar refractivity (Wildman–Crippen MR) is 57.4 cm³/mol. The van der Waals surface area contributed by atoms with Crippen molar-refractivity contribution in [2.75, 3.05) is 6.61 Å². The van der Waals surface area contributed by atoms with E-state index in [1.165, 1.54) is 0 Å². The van der Waals surface area contributed by atoms with Gasteiger partial charge >= 0.3 is 5.97 Å². The van der Waals surface area contributed by atoms with Gasteiger partial charge in [-0.3, -0.25) is 4.79 Å². The van der Waals surface area contributed by atoms with Crippen LogP contribution in [0.15, 0.2) is 6.20 Å². The van der Waals surface area contributed by atoms with Crippen LogP contribution < -0.4 is 5.73 Å². The zero-order chi connectivity index (χ0) is 13.7. The molecule has 18 heavy (non-hydrogen) atoms. The van der Waals surface area contributed by atoms with Crippen LogP contribution in [0.25, 0.3) is 0 Å². The summed E-state index contributed by atoms with van der Waals surface area (Å²) in [5.74, 6) is -1.86. The Morgan fingerprint density at radius 2 is 2.22 bits per heavy atom. The Balaban J connectivity index is 3.13. The number of nitrogens with two attached hydrogens (primary N) is 1. The molecule has 0 aromatic carbocycles. The summed E-state index contributed by atoms with van der Waals surface area (Å²) >= 11 is 0. The summed E-state index contributed by atoms with van der Waals surface area (Å²) in [4.78, 5) is 14.5. The van der Waals surface area contributed by atoms with Crippen LogP contribution in [-0.2, 0) is 22.5 Å². The van der Waals surface area contributed by atoms with E-state index in [1.807, 2.05) is 0 Å². The molecule has 0 atom stereocenters. The molecule has 1 heterocycles. The number of nitrogens with zero attached hydrogens (tertiary/aromatic N) is 1. The Labute approximate surface area is 102 Å². The molecule has 1 rings (SSSR count). The highest BCUT2D eigenvalue weighted by atomic mass is 19.3. The Hall–Kier alpha value is -1.63. The van der Waals surface area contributed by atoms with Crippen molar-refractivity contribution in [1.82, 2.24) is 4.98 Å². The molecule has 0 aliphatic carbocycles. The van der Waals surface area contributed by atoms with Crippen molar-refractivity contribution < 1.29 is 22.7 Å². The largest absolute Gasteiger partial charge is 0.466 e. The minimum atomic E-state index is -3.03. The molecular formula is C11H13F3N2O2. The van der Waals surface area contributed by atoms with Crippen molar-refractivity contribution in [1.29, 1.82) is 0 Å². The molecule has 0 saturated carbocycles. The first-order chi connectivity index (χ1) is 8.51. The molecule has 1 aromatic heterocycles. The second-order valence-electron chi connectivity index (χ2n) is 3.45. The van der Waals surface area contributed by atoms with Gasteiger partial charge in [0.25, 0.3) is 6.43 Å². The van der Waals surface area contributed by atoms with Gasteiger partial charge < -0.3 is 10.5 Å². The van der Waals surface area contributed by atoms with Gasteiger partial charge in [0.2, 0.25) is 5.95 Å². The lowest BCUT2D eigenvalue weighted by molar-refractivity contribution is -0.142. The van der Waals surface area contributed by atoms with E-state index in [0.717, 1.165) is 6.20 Å². The highest BCUT2D eigenvalue weighted by molar-refractivity contribution is 5.73. The third-order valence-electron chi connectivity index (χ3n) is 2.33. The molecule has 0 radical (unpaired) electrons. The first-order valence-electron chi connectivity index (χ1n) is 5.31. The lowest BCUT2D eigenvalue weighted by Gasteiger charge is -2.12. The number of carbonyl (C=O) groups excluding carboxylic acids is 1. The molecule has 0 saturated heterocycles.